The largest absolute Gasteiger partial charge is 0.477 e. The number of carbonyl (C=O) groups excluding carboxylic acids is 1. The molecular formula is C17H29NO14. The number of rotatable bonds is 8. The summed E-state index contributed by atoms with van der Waals surface area (Å²) in [5, 5.41) is 91.5. The van der Waals surface area contributed by atoms with E-state index in [1.54, 1.807) is 0 Å². The lowest BCUT2D eigenvalue weighted by Crippen LogP contribution is -2.70. The van der Waals surface area contributed by atoms with Crippen molar-refractivity contribution in [3.05, 3.63) is 0 Å². The number of carbonyl (C=O) groups is 2. The zero-order valence-corrected chi connectivity index (χ0v) is 17.0. The highest BCUT2D eigenvalue weighted by Gasteiger charge is 2.59. The van der Waals surface area contributed by atoms with E-state index >= 15 is 0 Å². The first kappa shape index (κ1) is 26.7. The second-order valence-corrected chi connectivity index (χ2v) is 7.69. The van der Waals surface area contributed by atoms with Gasteiger partial charge in [0.25, 0.3) is 5.79 Å². The van der Waals surface area contributed by atoms with Crippen LogP contribution in [-0.4, -0.2) is 138 Å². The lowest BCUT2D eigenvalue weighted by Gasteiger charge is -2.49. The van der Waals surface area contributed by atoms with Crippen LogP contribution in [0.2, 0.25) is 0 Å². The molecule has 186 valence electrons. The molecule has 2 aliphatic rings. The van der Waals surface area contributed by atoms with Gasteiger partial charge in [-0.2, -0.15) is 0 Å². The van der Waals surface area contributed by atoms with Gasteiger partial charge in [-0.05, 0) is 0 Å². The Morgan fingerprint density at radius 2 is 1.78 bits per heavy atom. The Labute approximate surface area is 181 Å². The Hall–Kier alpha value is -1.50. The van der Waals surface area contributed by atoms with Crippen molar-refractivity contribution in [2.45, 2.75) is 80.3 Å². The average Bonchev–Trinajstić information content (AvgIpc) is 2.73. The maximum absolute atomic E-state index is 12.1. The van der Waals surface area contributed by atoms with E-state index in [2.05, 4.69) is 5.32 Å². The van der Waals surface area contributed by atoms with E-state index in [0.29, 0.717) is 0 Å². The quantitative estimate of drug-likeness (QED) is 0.158. The van der Waals surface area contributed by atoms with E-state index in [9.17, 15) is 50.4 Å². The van der Waals surface area contributed by atoms with Gasteiger partial charge >= 0.3 is 5.97 Å². The molecule has 2 aliphatic heterocycles. The summed E-state index contributed by atoms with van der Waals surface area (Å²) in [6.45, 7) is -0.741. The van der Waals surface area contributed by atoms with Gasteiger partial charge in [-0.1, -0.05) is 0 Å². The molecule has 0 aromatic carbocycles. The van der Waals surface area contributed by atoms with Crippen LogP contribution in [0.4, 0.5) is 0 Å². The highest BCUT2D eigenvalue weighted by Crippen LogP contribution is 2.37. The summed E-state index contributed by atoms with van der Waals surface area (Å²) in [6, 6.07) is -1.44. The molecule has 15 nitrogen and oxygen atoms in total. The van der Waals surface area contributed by atoms with Gasteiger partial charge < -0.3 is 65.5 Å². The molecule has 0 bridgehead atoms. The van der Waals surface area contributed by atoms with E-state index in [4.69, 9.17) is 19.3 Å². The number of carboxylic acid groups (broad SMARTS) is 1. The molecular weight excluding hydrogens is 442 g/mol. The van der Waals surface area contributed by atoms with Crippen molar-refractivity contribution in [3.8, 4) is 0 Å². The molecule has 2 rings (SSSR count). The molecule has 2 heterocycles. The van der Waals surface area contributed by atoms with Crippen molar-refractivity contribution >= 4 is 11.9 Å². The van der Waals surface area contributed by atoms with Gasteiger partial charge in [0.15, 0.2) is 6.29 Å². The van der Waals surface area contributed by atoms with E-state index in [-0.39, 0.29) is 0 Å². The van der Waals surface area contributed by atoms with Crippen LogP contribution < -0.4 is 5.32 Å². The second-order valence-electron chi connectivity index (χ2n) is 7.69. The number of amides is 1. The van der Waals surface area contributed by atoms with Crippen molar-refractivity contribution in [1.82, 2.24) is 5.32 Å². The smallest absolute Gasteiger partial charge is 0.364 e. The van der Waals surface area contributed by atoms with Gasteiger partial charge in [0, 0.05) is 13.3 Å². The number of carboxylic acids is 1. The minimum atomic E-state index is -2.86. The third kappa shape index (κ3) is 5.35. The minimum Gasteiger partial charge on any atom is -0.477 e. The van der Waals surface area contributed by atoms with Crippen molar-refractivity contribution in [2.75, 3.05) is 13.2 Å². The van der Waals surface area contributed by atoms with Crippen LogP contribution >= 0.6 is 0 Å². The molecule has 0 aliphatic carbocycles. The first-order valence-corrected chi connectivity index (χ1v) is 9.70. The number of aliphatic carboxylic acids is 1. The lowest BCUT2D eigenvalue weighted by molar-refractivity contribution is -0.366. The van der Waals surface area contributed by atoms with Crippen LogP contribution in [0.15, 0.2) is 0 Å². The second kappa shape index (κ2) is 10.6. The Kier molecular flexibility index (Phi) is 8.88. The molecule has 0 saturated carbocycles. The monoisotopic (exact) mass is 471 g/mol. The third-order valence-electron chi connectivity index (χ3n) is 5.35. The minimum absolute atomic E-state index is 0.693. The predicted molar refractivity (Wildman–Crippen MR) is 97.4 cm³/mol. The van der Waals surface area contributed by atoms with Gasteiger partial charge in [-0.25, -0.2) is 4.79 Å². The molecule has 15 heteroatoms. The fraction of sp³-hybridized carbons (Fsp3) is 0.882. The highest BCUT2D eigenvalue weighted by molar-refractivity contribution is 5.76. The molecule has 0 aromatic heterocycles. The highest BCUT2D eigenvalue weighted by atomic mass is 16.7. The molecule has 0 radical (unpaired) electrons. The zero-order valence-electron chi connectivity index (χ0n) is 17.0. The maximum Gasteiger partial charge on any atom is 0.364 e. The Balaban J connectivity index is 2.42. The summed E-state index contributed by atoms with van der Waals surface area (Å²) >= 11 is 0. The summed E-state index contributed by atoms with van der Waals surface area (Å²) in [4.78, 5) is 23.6. The average molecular weight is 471 g/mol. The molecule has 2 fully saturated rings. The van der Waals surface area contributed by atoms with Crippen LogP contribution in [0, 0.1) is 0 Å². The molecule has 2 saturated heterocycles. The summed E-state index contributed by atoms with van der Waals surface area (Å²) in [7, 11) is 0. The van der Waals surface area contributed by atoms with Crippen molar-refractivity contribution in [2.24, 2.45) is 0 Å². The number of aliphatic hydroxyl groups is 8. The SMILES string of the molecule is CC(=O)N[C@H]1[C@H]([C@H](O)[C@H](O)CO)O[C@@](O[C@@H]2[C@@H](O)[C@H](O)O[C@H](CO)[C@H]2O)(C(=O)O)C[C@@H]1O. The van der Waals surface area contributed by atoms with Crippen LogP contribution in [0.5, 0.6) is 0 Å². The molecule has 1 amide bonds. The first-order valence-electron chi connectivity index (χ1n) is 9.70. The topological polar surface area (TPSA) is 256 Å². The van der Waals surface area contributed by atoms with Gasteiger partial charge in [0.2, 0.25) is 5.91 Å². The van der Waals surface area contributed by atoms with Gasteiger partial charge in [0.05, 0.1) is 25.4 Å². The third-order valence-corrected chi connectivity index (χ3v) is 5.35. The molecule has 0 aromatic rings. The van der Waals surface area contributed by atoms with Gasteiger partial charge in [-0.3, -0.25) is 4.79 Å². The zero-order chi connectivity index (χ0) is 24.4. The van der Waals surface area contributed by atoms with Gasteiger partial charge in [0.1, 0.15) is 42.7 Å². The Bertz CT molecular complexity index is 665. The maximum atomic E-state index is 12.1. The molecule has 32 heavy (non-hydrogen) atoms. The number of nitrogens with one attached hydrogen (secondary N) is 1. The van der Waals surface area contributed by atoms with E-state index in [0.717, 1.165) is 6.92 Å². The molecule has 0 spiro atoms. The summed E-state index contributed by atoms with van der Waals surface area (Å²) in [5.41, 5.74) is 0. The number of hydrogen-bond donors (Lipinski definition) is 10. The number of aliphatic hydroxyl groups excluding tert-OH is 8. The fourth-order valence-corrected chi connectivity index (χ4v) is 3.67. The summed E-state index contributed by atoms with van der Waals surface area (Å²) in [6.07, 6.45) is -17.6. The van der Waals surface area contributed by atoms with Crippen molar-refractivity contribution < 1.29 is 69.8 Å². The van der Waals surface area contributed by atoms with Crippen molar-refractivity contribution in [1.29, 1.82) is 0 Å². The van der Waals surface area contributed by atoms with Crippen LogP contribution in [-0.2, 0) is 23.8 Å². The Morgan fingerprint density at radius 1 is 1.16 bits per heavy atom. The number of ether oxygens (including phenoxy) is 3. The van der Waals surface area contributed by atoms with Crippen LogP contribution in [0.3, 0.4) is 0 Å². The van der Waals surface area contributed by atoms with Crippen LogP contribution in [0.25, 0.3) is 0 Å². The van der Waals surface area contributed by atoms with Crippen LogP contribution in [0.1, 0.15) is 13.3 Å². The normalized spacial score (nSPS) is 42.2. The predicted octanol–water partition coefficient (Wildman–Crippen LogP) is -6.05. The molecule has 0 unspecified atom stereocenters. The first-order chi connectivity index (χ1) is 14.9. The molecule has 10 N–H and O–H groups in total. The lowest BCUT2D eigenvalue weighted by atomic mass is 9.88. The number of hydrogen-bond acceptors (Lipinski definition) is 13. The fourth-order valence-electron chi connectivity index (χ4n) is 3.67. The standard InChI is InChI=1S/C17H29NO14/c1-5(21)18-9-6(22)2-17(16(28)29,31-13(9)10(24)7(23)3-19)32-14-11(25)8(4-20)30-15(27)12(14)26/h6-15,19-20,22-27H,2-4H2,1H3,(H,18,21)(H,28,29)/t6-,7+,8+,9+,10+,11+,12+,13+,14-,15+,17-/m0/s1. The summed E-state index contributed by atoms with van der Waals surface area (Å²) < 4.78 is 15.5. The van der Waals surface area contributed by atoms with E-state index in [1.807, 2.05) is 0 Å². The molecule has 11 atom stereocenters. The van der Waals surface area contributed by atoms with E-state index < -0.39 is 98.5 Å². The Morgan fingerprint density at radius 3 is 2.28 bits per heavy atom. The van der Waals surface area contributed by atoms with Crippen molar-refractivity contribution in [3.63, 3.8) is 0 Å². The van der Waals surface area contributed by atoms with Gasteiger partial charge in [-0.15, -0.1) is 0 Å². The summed E-state index contributed by atoms with van der Waals surface area (Å²) in [5.74, 6) is -5.44. The van der Waals surface area contributed by atoms with E-state index in [1.165, 1.54) is 0 Å².